The monoisotopic (exact) mass is 571 g/mol. The van der Waals surface area contributed by atoms with Crippen LogP contribution in [0.5, 0.6) is 0 Å². The molecule has 0 atom stereocenters. The third kappa shape index (κ3) is 3.42. The molecule has 0 N–H and O–H groups in total. The first-order valence-electron chi connectivity index (χ1n) is 15.4. The number of benzene rings is 8. The van der Waals surface area contributed by atoms with Gasteiger partial charge in [-0.25, -0.2) is 0 Å². The third-order valence-electron chi connectivity index (χ3n) is 9.48. The van der Waals surface area contributed by atoms with Crippen molar-refractivity contribution >= 4 is 75.8 Å². The number of hydrogen-bond donors (Lipinski definition) is 0. The van der Waals surface area contributed by atoms with Crippen LogP contribution in [0.3, 0.4) is 0 Å². The van der Waals surface area contributed by atoms with Gasteiger partial charge in [0.1, 0.15) is 11.2 Å². The number of aromatic nitrogens is 1. The van der Waals surface area contributed by atoms with Crippen molar-refractivity contribution in [3.63, 3.8) is 0 Å². The number of nitrogens with zero attached hydrogens (tertiary/aromatic N) is 1. The van der Waals surface area contributed by atoms with Crippen LogP contribution in [0.25, 0.3) is 98.2 Å². The Hall–Kier alpha value is -5.99. The fourth-order valence-corrected chi connectivity index (χ4v) is 7.58. The fourth-order valence-electron chi connectivity index (χ4n) is 7.58. The first-order chi connectivity index (χ1) is 22.3. The summed E-state index contributed by atoms with van der Waals surface area (Å²) in [4.78, 5) is 4.99. The van der Waals surface area contributed by atoms with Gasteiger partial charge >= 0.3 is 0 Å². The highest BCUT2D eigenvalue weighted by Gasteiger charge is 2.21. The van der Waals surface area contributed by atoms with Crippen LogP contribution in [-0.4, -0.2) is 4.98 Å². The molecule has 0 aliphatic carbocycles. The summed E-state index contributed by atoms with van der Waals surface area (Å²) >= 11 is 0. The Morgan fingerprint density at radius 3 is 1.62 bits per heavy atom. The Morgan fingerprint density at radius 2 is 0.933 bits per heavy atom. The van der Waals surface area contributed by atoms with Crippen molar-refractivity contribution in [2.45, 2.75) is 0 Å². The van der Waals surface area contributed by atoms with Gasteiger partial charge in [0.2, 0.25) is 0 Å². The lowest BCUT2D eigenvalue weighted by atomic mass is 9.86. The molecule has 0 aliphatic rings. The van der Waals surface area contributed by atoms with Crippen LogP contribution in [0, 0.1) is 0 Å². The second kappa shape index (κ2) is 9.25. The topological polar surface area (TPSA) is 26.0 Å². The molecule has 0 amide bonds. The molecule has 0 saturated carbocycles. The molecule has 10 rings (SSSR count). The van der Waals surface area contributed by atoms with Crippen molar-refractivity contribution in [1.82, 2.24) is 4.98 Å². The van der Waals surface area contributed by atoms with Crippen molar-refractivity contribution in [3.05, 3.63) is 152 Å². The molecule has 0 unspecified atom stereocenters. The first-order valence-corrected chi connectivity index (χ1v) is 15.4. The summed E-state index contributed by atoms with van der Waals surface area (Å²) in [6.45, 7) is 0. The van der Waals surface area contributed by atoms with Gasteiger partial charge in [-0.15, -0.1) is 0 Å². The maximum absolute atomic E-state index is 6.65. The molecule has 0 aliphatic heterocycles. The molecule has 10 aromatic rings. The molecule has 0 saturated heterocycles. The standard InChI is InChI=1S/C43H25NO/c1-2-12-28-26(11-1)23-24-44-42(28)40-34-18-8-6-16-32(34)39(33-17-7-9-19-35(33)40)27-21-22-38-37(25-27)41-31-15-5-3-13-29(31)30-14-4-10-20-36(30)43(41)45-38/h1-25H. The van der Waals surface area contributed by atoms with E-state index in [9.17, 15) is 0 Å². The molecule has 0 fully saturated rings. The Labute approximate surface area is 258 Å². The smallest absolute Gasteiger partial charge is 0.143 e. The second-order valence-corrected chi connectivity index (χ2v) is 11.8. The average molecular weight is 572 g/mol. The van der Waals surface area contributed by atoms with Crippen molar-refractivity contribution < 1.29 is 4.42 Å². The van der Waals surface area contributed by atoms with Gasteiger partial charge < -0.3 is 4.42 Å². The molecule has 2 heteroatoms. The van der Waals surface area contributed by atoms with E-state index in [1.165, 1.54) is 65.2 Å². The molecule has 45 heavy (non-hydrogen) atoms. The lowest BCUT2D eigenvalue weighted by Gasteiger charge is -2.18. The van der Waals surface area contributed by atoms with Gasteiger partial charge in [-0.05, 0) is 72.4 Å². The summed E-state index contributed by atoms with van der Waals surface area (Å²) in [5, 5.41) is 14.3. The van der Waals surface area contributed by atoms with Crippen molar-refractivity contribution in [3.8, 4) is 22.4 Å². The number of fused-ring (bicyclic) bond motifs is 11. The van der Waals surface area contributed by atoms with Gasteiger partial charge in [-0.3, -0.25) is 4.98 Å². The predicted molar refractivity (Wildman–Crippen MR) is 190 cm³/mol. The summed E-state index contributed by atoms with van der Waals surface area (Å²) < 4.78 is 6.65. The maximum Gasteiger partial charge on any atom is 0.143 e. The fraction of sp³-hybridized carbons (Fsp3) is 0. The number of hydrogen-bond acceptors (Lipinski definition) is 2. The summed E-state index contributed by atoms with van der Waals surface area (Å²) in [7, 11) is 0. The predicted octanol–water partition coefficient (Wildman–Crippen LogP) is 12.1. The van der Waals surface area contributed by atoms with Crippen LogP contribution in [0.15, 0.2) is 156 Å². The van der Waals surface area contributed by atoms with Crippen LogP contribution < -0.4 is 0 Å². The normalized spacial score (nSPS) is 12.0. The molecule has 8 aromatic carbocycles. The van der Waals surface area contributed by atoms with E-state index in [1.54, 1.807) is 0 Å². The van der Waals surface area contributed by atoms with Crippen LogP contribution in [0.4, 0.5) is 0 Å². The van der Waals surface area contributed by atoms with Crippen molar-refractivity contribution in [2.24, 2.45) is 0 Å². The average Bonchev–Trinajstić information content (AvgIpc) is 3.50. The van der Waals surface area contributed by atoms with E-state index in [2.05, 4.69) is 146 Å². The van der Waals surface area contributed by atoms with Gasteiger partial charge in [0.15, 0.2) is 0 Å². The molecule has 0 bridgehead atoms. The zero-order valence-electron chi connectivity index (χ0n) is 24.3. The molecule has 2 nitrogen and oxygen atoms in total. The van der Waals surface area contributed by atoms with E-state index in [0.29, 0.717) is 0 Å². The molecule has 2 aromatic heterocycles. The summed E-state index contributed by atoms with van der Waals surface area (Å²) in [6, 6.07) is 52.2. The SMILES string of the molecule is c1ccc2c(-c3c4ccccc4c(-c4ccc5oc6c7ccccc7c7ccccc7c6c5c4)c4ccccc34)nccc2c1. The first kappa shape index (κ1) is 24.5. The zero-order valence-corrected chi connectivity index (χ0v) is 24.3. The highest BCUT2D eigenvalue weighted by molar-refractivity contribution is 6.31. The van der Waals surface area contributed by atoms with Crippen molar-refractivity contribution in [2.75, 3.05) is 0 Å². The molecule has 2 heterocycles. The number of furan rings is 1. The van der Waals surface area contributed by atoms with Gasteiger partial charge in [0, 0.05) is 33.3 Å². The Kier molecular flexibility index (Phi) is 5.03. The van der Waals surface area contributed by atoms with Gasteiger partial charge in [0.05, 0.1) is 5.69 Å². The summed E-state index contributed by atoms with van der Waals surface area (Å²) in [6.07, 6.45) is 1.93. The summed E-state index contributed by atoms with van der Waals surface area (Å²) in [5.74, 6) is 0. The lowest BCUT2D eigenvalue weighted by molar-refractivity contribution is 0.673. The highest BCUT2D eigenvalue weighted by atomic mass is 16.3. The van der Waals surface area contributed by atoms with Crippen molar-refractivity contribution in [1.29, 1.82) is 0 Å². The highest BCUT2D eigenvalue weighted by Crippen LogP contribution is 2.47. The Morgan fingerprint density at radius 1 is 0.400 bits per heavy atom. The molecule has 208 valence electrons. The minimum Gasteiger partial charge on any atom is -0.455 e. The van der Waals surface area contributed by atoms with Crippen LogP contribution in [-0.2, 0) is 0 Å². The minimum atomic E-state index is 0.903. The van der Waals surface area contributed by atoms with E-state index in [-0.39, 0.29) is 0 Å². The quantitative estimate of drug-likeness (QED) is 0.152. The zero-order chi connectivity index (χ0) is 29.5. The molecular weight excluding hydrogens is 546 g/mol. The van der Waals surface area contributed by atoms with Gasteiger partial charge in [-0.2, -0.15) is 0 Å². The number of rotatable bonds is 2. The lowest BCUT2D eigenvalue weighted by Crippen LogP contribution is -1.93. The van der Waals surface area contributed by atoms with Crippen LogP contribution >= 0.6 is 0 Å². The Balaban J connectivity index is 1.34. The van der Waals surface area contributed by atoms with E-state index in [4.69, 9.17) is 9.40 Å². The van der Waals surface area contributed by atoms with E-state index < -0.39 is 0 Å². The molecular formula is C43H25NO. The van der Waals surface area contributed by atoms with E-state index >= 15 is 0 Å². The van der Waals surface area contributed by atoms with Gasteiger partial charge in [0.25, 0.3) is 0 Å². The largest absolute Gasteiger partial charge is 0.455 e. The second-order valence-electron chi connectivity index (χ2n) is 11.8. The molecule has 0 spiro atoms. The van der Waals surface area contributed by atoms with E-state index in [1.807, 2.05) is 6.20 Å². The number of pyridine rings is 1. The van der Waals surface area contributed by atoms with Crippen LogP contribution in [0.2, 0.25) is 0 Å². The van der Waals surface area contributed by atoms with Crippen LogP contribution in [0.1, 0.15) is 0 Å². The maximum atomic E-state index is 6.65. The van der Waals surface area contributed by atoms with E-state index in [0.717, 1.165) is 33.0 Å². The minimum absolute atomic E-state index is 0.903. The third-order valence-corrected chi connectivity index (χ3v) is 9.48. The van der Waals surface area contributed by atoms with Gasteiger partial charge in [-0.1, -0.05) is 127 Å². The summed E-state index contributed by atoms with van der Waals surface area (Å²) in [5.41, 5.74) is 6.44. The Bertz CT molecular complexity index is 2760. The molecule has 0 radical (unpaired) electrons.